The lowest BCUT2D eigenvalue weighted by Crippen LogP contribution is -2.63. The summed E-state index contributed by atoms with van der Waals surface area (Å²) >= 11 is 0. The molecule has 4 rings (SSSR count). The van der Waals surface area contributed by atoms with Gasteiger partial charge < -0.3 is 18.9 Å². The van der Waals surface area contributed by atoms with Gasteiger partial charge >= 0.3 is 21.3 Å². The minimum atomic E-state index is -5.77. The van der Waals surface area contributed by atoms with Crippen molar-refractivity contribution in [3.63, 3.8) is 0 Å². The van der Waals surface area contributed by atoms with E-state index in [-0.39, 0.29) is 66.0 Å². The van der Waals surface area contributed by atoms with E-state index in [2.05, 4.69) is 18.6 Å². The van der Waals surface area contributed by atoms with Crippen LogP contribution in [-0.4, -0.2) is 68.0 Å². The number of esters is 1. The number of carbonyl (C=O) groups is 4. The number of hydrogen-bond donors (Lipinski definition) is 1. The molecule has 0 amide bonds. The first kappa shape index (κ1) is 34.5. The molecule has 4 saturated carbocycles. The number of carbonyl (C=O) groups excluding carboxylic acids is 4. The second-order valence-electron chi connectivity index (χ2n) is 13.8. The molecule has 0 radical (unpaired) electrons. The third-order valence-electron chi connectivity index (χ3n) is 12.1. The Balaban J connectivity index is 1.54. The topological polar surface area (TPSA) is 160 Å². The fraction of sp³-hybridized carbons (Fsp3) is 0.867. The molecule has 11 nitrogen and oxygen atoms in total. The summed E-state index contributed by atoms with van der Waals surface area (Å²) in [7, 11) is -5.77. The number of rotatable bonds is 13. The molecule has 0 heterocycles. The van der Waals surface area contributed by atoms with Crippen molar-refractivity contribution in [1.29, 1.82) is 0 Å². The average molecular weight is 651 g/mol. The van der Waals surface area contributed by atoms with Crippen molar-refractivity contribution >= 4 is 35.5 Å². The van der Waals surface area contributed by atoms with E-state index in [1.807, 2.05) is 6.92 Å². The van der Waals surface area contributed by atoms with E-state index < -0.39 is 39.0 Å². The lowest BCUT2D eigenvalue weighted by atomic mass is 9.43. The van der Waals surface area contributed by atoms with Crippen LogP contribution in [0.3, 0.4) is 0 Å². The predicted molar refractivity (Wildman–Crippen MR) is 149 cm³/mol. The summed E-state index contributed by atoms with van der Waals surface area (Å²) in [6.07, 6.45) is 1.57. The normalized spacial score (nSPS) is 39.8. The van der Waals surface area contributed by atoms with E-state index >= 15 is 0 Å². The van der Waals surface area contributed by atoms with Crippen LogP contribution in [0.15, 0.2) is 0 Å². The number of halogens is 2. The summed E-state index contributed by atoms with van der Waals surface area (Å²) in [6.45, 7) is 8.42. The van der Waals surface area contributed by atoms with E-state index in [0.717, 1.165) is 25.7 Å². The van der Waals surface area contributed by atoms with E-state index in [0.29, 0.717) is 45.6 Å². The smallest absolute Gasteiger partial charge is 0.405 e. The quantitative estimate of drug-likeness (QED) is 0.131. The van der Waals surface area contributed by atoms with E-state index in [1.54, 1.807) is 0 Å². The highest BCUT2D eigenvalue weighted by molar-refractivity contribution is 7.86. The Morgan fingerprint density at radius 2 is 1.64 bits per heavy atom. The molecule has 4 fully saturated rings. The summed E-state index contributed by atoms with van der Waals surface area (Å²) in [4.78, 5) is 47.0. The molecule has 0 aliphatic heterocycles. The molecule has 4 aliphatic carbocycles. The predicted octanol–water partition coefficient (Wildman–Crippen LogP) is 4.32. The number of alkyl halides is 2. The number of ether oxygens (including phenoxy) is 4. The molecule has 12 unspecified atom stereocenters. The average Bonchev–Trinajstić information content (AvgIpc) is 3.30. The van der Waals surface area contributed by atoms with Crippen molar-refractivity contribution in [2.45, 2.75) is 115 Å². The summed E-state index contributed by atoms with van der Waals surface area (Å²) in [5.74, 6) is -0.901. The van der Waals surface area contributed by atoms with Crippen LogP contribution in [-0.2, 0) is 48.2 Å². The highest BCUT2D eigenvalue weighted by Crippen LogP contribution is 2.69. The lowest BCUT2D eigenvalue weighted by Gasteiger charge is -2.64. The van der Waals surface area contributed by atoms with Crippen LogP contribution in [0.25, 0.3) is 0 Å². The molecule has 4 aliphatic rings. The van der Waals surface area contributed by atoms with Crippen molar-refractivity contribution in [3.05, 3.63) is 0 Å². The molecule has 0 aromatic rings. The van der Waals surface area contributed by atoms with Gasteiger partial charge in [0.15, 0.2) is 6.10 Å². The highest BCUT2D eigenvalue weighted by Gasteiger charge is 2.67. The van der Waals surface area contributed by atoms with Crippen molar-refractivity contribution in [1.82, 2.24) is 0 Å². The van der Waals surface area contributed by atoms with Crippen LogP contribution in [0.4, 0.5) is 8.78 Å². The Hall–Kier alpha value is -2.35. The van der Waals surface area contributed by atoms with Gasteiger partial charge in [0.05, 0.1) is 0 Å². The zero-order chi connectivity index (χ0) is 32.7. The van der Waals surface area contributed by atoms with Gasteiger partial charge in [0.1, 0.15) is 18.3 Å². The lowest BCUT2D eigenvalue weighted by molar-refractivity contribution is -0.218. The standard InChI is InChI=1S/C30H44F2O11S/c1-17(5-8-26(36)43-18(2)30(31,32)44(37,38)39)21-6-7-22-27-23(13-25(42-16-35)29(21,22)4)28(3)10-9-20(40-14-33)11-19(28)12-24(27)41-15-34/h14-25,27H,5-13H2,1-4H3,(H,37,38,39). The first-order valence-electron chi connectivity index (χ1n) is 15.4. The first-order valence-corrected chi connectivity index (χ1v) is 16.8. The summed E-state index contributed by atoms with van der Waals surface area (Å²) < 4.78 is 80.1. The molecular weight excluding hydrogens is 606 g/mol. The molecule has 14 heteroatoms. The van der Waals surface area contributed by atoms with Gasteiger partial charge in [-0.15, -0.1) is 0 Å². The Kier molecular flexibility index (Phi) is 10.0. The van der Waals surface area contributed by atoms with E-state index in [9.17, 15) is 36.4 Å². The molecule has 0 saturated heterocycles. The van der Waals surface area contributed by atoms with Crippen molar-refractivity contribution in [2.75, 3.05) is 0 Å². The molecule has 0 aromatic heterocycles. The molecule has 0 aromatic carbocycles. The van der Waals surface area contributed by atoms with Gasteiger partial charge in [0.2, 0.25) is 0 Å². The Morgan fingerprint density at radius 3 is 2.25 bits per heavy atom. The molecule has 1 N–H and O–H groups in total. The Morgan fingerprint density at radius 1 is 0.977 bits per heavy atom. The van der Waals surface area contributed by atoms with E-state index in [4.69, 9.17) is 18.8 Å². The fourth-order valence-corrected chi connectivity index (χ4v) is 10.3. The second kappa shape index (κ2) is 12.8. The van der Waals surface area contributed by atoms with Gasteiger partial charge in [-0.25, -0.2) is 0 Å². The summed E-state index contributed by atoms with van der Waals surface area (Å²) in [5, 5.41) is -4.64. The van der Waals surface area contributed by atoms with Gasteiger partial charge in [0, 0.05) is 17.8 Å². The van der Waals surface area contributed by atoms with Crippen LogP contribution in [0.5, 0.6) is 0 Å². The monoisotopic (exact) mass is 650 g/mol. The molecule has 250 valence electrons. The van der Waals surface area contributed by atoms with Crippen molar-refractivity contribution in [3.8, 4) is 0 Å². The SMILES string of the molecule is CC(CCC(=O)OC(C)C(F)(F)S(=O)(=O)O)C1CCC2C3C(OC=O)CC4CC(OC=O)CCC4(C)C3CC(OC=O)C12C. The van der Waals surface area contributed by atoms with Gasteiger partial charge in [-0.05, 0) is 93.3 Å². The maximum absolute atomic E-state index is 13.9. The largest absolute Gasteiger partial charge is 0.465 e. The molecule has 0 spiro atoms. The van der Waals surface area contributed by atoms with Crippen LogP contribution in [0.2, 0.25) is 0 Å². The maximum atomic E-state index is 13.9. The van der Waals surface area contributed by atoms with Crippen LogP contribution >= 0.6 is 0 Å². The third kappa shape index (κ3) is 5.96. The van der Waals surface area contributed by atoms with Crippen molar-refractivity contribution < 1.29 is 59.9 Å². The minimum Gasteiger partial charge on any atom is -0.465 e. The summed E-state index contributed by atoms with van der Waals surface area (Å²) in [5.41, 5.74) is -0.668. The van der Waals surface area contributed by atoms with Gasteiger partial charge in [-0.2, -0.15) is 17.2 Å². The zero-order valence-electron chi connectivity index (χ0n) is 25.6. The second-order valence-corrected chi connectivity index (χ2v) is 15.3. The Labute approximate surface area is 256 Å². The zero-order valence-corrected chi connectivity index (χ0v) is 26.4. The Bertz CT molecular complexity index is 1200. The van der Waals surface area contributed by atoms with Gasteiger partial charge in [-0.1, -0.05) is 20.8 Å². The van der Waals surface area contributed by atoms with Crippen LogP contribution in [0, 0.1) is 46.3 Å². The van der Waals surface area contributed by atoms with Crippen LogP contribution in [0.1, 0.15) is 85.5 Å². The van der Waals surface area contributed by atoms with Crippen LogP contribution < -0.4 is 0 Å². The highest BCUT2D eigenvalue weighted by atomic mass is 32.2. The maximum Gasteiger partial charge on any atom is 0.405 e. The molecular formula is C30H44F2O11S. The van der Waals surface area contributed by atoms with Gasteiger partial charge in [-0.3, -0.25) is 23.7 Å². The summed E-state index contributed by atoms with van der Waals surface area (Å²) in [6, 6.07) is 0. The number of fused-ring (bicyclic) bond motifs is 5. The van der Waals surface area contributed by atoms with Gasteiger partial charge in [0.25, 0.3) is 19.4 Å². The molecule has 12 atom stereocenters. The number of hydrogen-bond acceptors (Lipinski definition) is 10. The molecule has 44 heavy (non-hydrogen) atoms. The van der Waals surface area contributed by atoms with E-state index in [1.165, 1.54) is 0 Å². The molecule has 0 bridgehead atoms. The fourth-order valence-electron chi connectivity index (χ4n) is 9.83. The first-order chi connectivity index (χ1) is 20.6. The third-order valence-corrected chi connectivity index (χ3v) is 13.1. The van der Waals surface area contributed by atoms with Crippen molar-refractivity contribution in [2.24, 2.45) is 46.3 Å². The minimum absolute atomic E-state index is 0.00664.